The minimum atomic E-state index is -0.248. The molecule has 5 heteroatoms. The van der Waals surface area contributed by atoms with Crippen molar-refractivity contribution in [1.29, 1.82) is 0 Å². The van der Waals surface area contributed by atoms with Crippen molar-refractivity contribution >= 4 is 11.5 Å². The number of aromatic nitrogens is 2. The van der Waals surface area contributed by atoms with Crippen molar-refractivity contribution in [3.8, 4) is 0 Å². The lowest BCUT2D eigenvalue weighted by molar-refractivity contribution is 0.0528. The van der Waals surface area contributed by atoms with E-state index < -0.39 is 0 Å². The number of ether oxygens (including phenoxy) is 1. The minimum Gasteiger partial charge on any atom is -0.462 e. The Bertz CT molecular complexity index is 745. The Hall–Kier alpha value is -1.88. The highest BCUT2D eigenvalue weighted by Crippen LogP contribution is 2.36. The molecule has 1 unspecified atom stereocenters. The van der Waals surface area contributed by atoms with Crippen molar-refractivity contribution in [1.82, 2.24) is 14.9 Å². The second kappa shape index (κ2) is 6.93. The highest BCUT2D eigenvalue weighted by Gasteiger charge is 2.29. The highest BCUT2D eigenvalue weighted by molar-refractivity contribution is 5.99. The monoisotopic (exact) mass is 329 g/mol. The maximum Gasteiger partial charge on any atom is 0.340 e. The van der Waals surface area contributed by atoms with Gasteiger partial charge in [-0.3, -0.25) is 0 Å². The van der Waals surface area contributed by atoms with Crippen LogP contribution in [0.5, 0.6) is 0 Å². The van der Waals surface area contributed by atoms with Gasteiger partial charge in [0.1, 0.15) is 0 Å². The van der Waals surface area contributed by atoms with Gasteiger partial charge in [0.2, 0.25) is 0 Å². The molecule has 130 valence electrons. The maximum atomic E-state index is 12.5. The smallest absolute Gasteiger partial charge is 0.340 e. The largest absolute Gasteiger partial charge is 0.462 e. The van der Waals surface area contributed by atoms with Gasteiger partial charge in [0, 0.05) is 11.6 Å². The van der Waals surface area contributed by atoms with Crippen LogP contribution in [0.1, 0.15) is 59.9 Å². The number of nitrogens with one attached hydrogen (secondary N) is 1. The summed E-state index contributed by atoms with van der Waals surface area (Å²) in [6.07, 6.45) is 2.32. The van der Waals surface area contributed by atoms with E-state index in [4.69, 9.17) is 9.84 Å². The predicted octanol–water partition coefficient (Wildman–Crippen LogP) is 3.23. The molecule has 1 N–H and O–H groups in total. The minimum absolute atomic E-state index is 0.248. The zero-order chi connectivity index (χ0) is 17.3. The molecule has 1 atom stereocenters. The summed E-state index contributed by atoms with van der Waals surface area (Å²) in [4.78, 5) is 12.5. The van der Waals surface area contributed by atoms with E-state index in [0.29, 0.717) is 24.0 Å². The maximum absolute atomic E-state index is 12.5. The fraction of sp³-hybridized carbons (Fsp3) is 0.579. The van der Waals surface area contributed by atoms with E-state index in [1.165, 1.54) is 0 Å². The first-order valence-corrected chi connectivity index (χ1v) is 8.91. The number of piperidine rings is 1. The number of fused-ring (bicyclic) bond motifs is 1. The lowest BCUT2D eigenvalue weighted by Gasteiger charge is -2.28. The first kappa shape index (κ1) is 17.0. The average molecular weight is 329 g/mol. The summed E-state index contributed by atoms with van der Waals surface area (Å²) in [6, 6.07) is 3.94. The van der Waals surface area contributed by atoms with Crippen molar-refractivity contribution in [3.05, 3.63) is 34.6 Å². The Morgan fingerprint density at radius 3 is 2.75 bits per heavy atom. The number of nitrogens with zero attached hydrogens (tertiary/aromatic N) is 2. The molecule has 3 heterocycles. The van der Waals surface area contributed by atoms with E-state index in [-0.39, 0.29) is 5.97 Å². The molecule has 1 saturated heterocycles. The summed E-state index contributed by atoms with van der Waals surface area (Å²) >= 11 is 0. The Labute approximate surface area is 143 Å². The number of hydrogen-bond donors (Lipinski definition) is 1. The Balaban J connectivity index is 2.13. The van der Waals surface area contributed by atoms with E-state index in [2.05, 4.69) is 12.2 Å². The quantitative estimate of drug-likeness (QED) is 0.875. The van der Waals surface area contributed by atoms with Crippen LogP contribution >= 0.6 is 0 Å². The van der Waals surface area contributed by atoms with E-state index in [0.717, 1.165) is 48.4 Å². The summed E-state index contributed by atoms with van der Waals surface area (Å²) in [7, 11) is 0. The predicted molar refractivity (Wildman–Crippen MR) is 94.6 cm³/mol. The number of hydrogen-bond acceptors (Lipinski definition) is 4. The summed E-state index contributed by atoms with van der Waals surface area (Å²) in [5.41, 5.74) is 4.64. The topological polar surface area (TPSA) is 55.6 Å². The summed E-state index contributed by atoms with van der Waals surface area (Å²) in [5, 5.41) is 8.13. The van der Waals surface area contributed by atoms with Gasteiger partial charge in [-0.05, 0) is 70.3 Å². The van der Waals surface area contributed by atoms with Gasteiger partial charge in [0.05, 0.1) is 23.4 Å². The second-order valence-corrected chi connectivity index (χ2v) is 6.75. The molecule has 0 bridgehead atoms. The van der Waals surface area contributed by atoms with Crippen LogP contribution in [0, 0.1) is 19.8 Å². The normalized spacial score (nSPS) is 17.2. The third-order valence-electron chi connectivity index (χ3n) is 5.21. The van der Waals surface area contributed by atoms with E-state index in [1.54, 1.807) is 0 Å². The van der Waals surface area contributed by atoms with Crippen LogP contribution in [0.15, 0.2) is 12.1 Å². The van der Waals surface area contributed by atoms with Crippen LogP contribution in [-0.2, 0) is 4.74 Å². The highest BCUT2D eigenvalue weighted by atomic mass is 16.5. The van der Waals surface area contributed by atoms with Crippen LogP contribution in [0.2, 0.25) is 0 Å². The van der Waals surface area contributed by atoms with Gasteiger partial charge in [-0.2, -0.15) is 5.10 Å². The second-order valence-electron chi connectivity index (χ2n) is 6.75. The Morgan fingerprint density at radius 1 is 1.38 bits per heavy atom. The van der Waals surface area contributed by atoms with Gasteiger partial charge in [-0.15, -0.1) is 0 Å². The van der Waals surface area contributed by atoms with Crippen LogP contribution in [-0.4, -0.2) is 35.3 Å². The molecule has 0 amide bonds. The number of carbonyl (C=O) groups excluding carboxylic acids is 1. The standard InChI is InChI=1S/C19H27N3O2/c1-5-24-19(23)17-14(4)18(13(3)15-8-10-20-11-9-15)22-16(17)7-6-12(2)21-22/h6-7,13,15,20H,5,8-11H2,1-4H3. The number of esters is 1. The molecule has 2 aromatic heterocycles. The molecular formula is C19H27N3O2. The van der Waals surface area contributed by atoms with Gasteiger partial charge < -0.3 is 10.1 Å². The summed E-state index contributed by atoms with van der Waals surface area (Å²) < 4.78 is 7.27. The molecule has 1 aliphatic heterocycles. The third-order valence-corrected chi connectivity index (χ3v) is 5.21. The Morgan fingerprint density at radius 2 is 2.08 bits per heavy atom. The van der Waals surface area contributed by atoms with Crippen LogP contribution in [0.25, 0.3) is 5.52 Å². The van der Waals surface area contributed by atoms with E-state index in [1.807, 2.05) is 37.4 Å². The average Bonchev–Trinajstić information content (AvgIpc) is 2.86. The molecule has 0 spiro atoms. The van der Waals surface area contributed by atoms with Gasteiger partial charge in [0.15, 0.2) is 0 Å². The van der Waals surface area contributed by atoms with Crippen LogP contribution in [0.4, 0.5) is 0 Å². The van der Waals surface area contributed by atoms with Crippen LogP contribution < -0.4 is 5.32 Å². The Kier molecular flexibility index (Phi) is 4.90. The van der Waals surface area contributed by atoms with E-state index >= 15 is 0 Å². The molecule has 0 aromatic carbocycles. The van der Waals surface area contributed by atoms with E-state index in [9.17, 15) is 4.79 Å². The van der Waals surface area contributed by atoms with Gasteiger partial charge in [0.25, 0.3) is 0 Å². The van der Waals surface area contributed by atoms with Gasteiger partial charge in [-0.25, -0.2) is 9.31 Å². The van der Waals surface area contributed by atoms with Crippen molar-refractivity contribution in [2.75, 3.05) is 19.7 Å². The van der Waals surface area contributed by atoms with Crippen molar-refractivity contribution in [2.24, 2.45) is 5.92 Å². The van der Waals surface area contributed by atoms with Crippen molar-refractivity contribution in [2.45, 2.75) is 46.5 Å². The van der Waals surface area contributed by atoms with Crippen LogP contribution in [0.3, 0.4) is 0 Å². The van der Waals surface area contributed by atoms with Crippen molar-refractivity contribution < 1.29 is 9.53 Å². The van der Waals surface area contributed by atoms with Gasteiger partial charge >= 0.3 is 5.97 Å². The number of rotatable bonds is 4. The first-order valence-electron chi connectivity index (χ1n) is 8.91. The summed E-state index contributed by atoms with van der Waals surface area (Å²) in [6.45, 7) is 10.6. The number of carbonyl (C=O) groups is 1. The van der Waals surface area contributed by atoms with Gasteiger partial charge in [-0.1, -0.05) is 6.92 Å². The lowest BCUT2D eigenvalue weighted by atomic mass is 9.83. The third kappa shape index (κ3) is 2.93. The molecule has 0 saturated carbocycles. The molecule has 2 aromatic rings. The lowest BCUT2D eigenvalue weighted by Crippen LogP contribution is -2.30. The molecule has 0 radical (unpaired) electrons. The van der Waals surface area contributed by atoms with Crippen molar-refractivity contribution in [3.63, 3.8) is 0 Å². The first-order chi connectivity index (χ1) is 11.5. The summed E-state index contributed by atoms with van der Waals surface area (Å²) in [5.74, 6) is 0.722. The molecule has 0 aliphatic carbocycles. The zero-order valence-electron chi connectivity index (χ0n) is 15.1. The molecule has 1 fully saturated rings. The molecular weight excluding hydrogens is 302 g/mol. The fourth-order valence-corrected chi connectivity index (χ4v) is 3.93. The zero-order valence-corrected chi connectivity index (χ0v) is 15.1. The SMILES string of the molecule is CCOC(=O)c1c(C)c(C(C)C2CCNCC2)n2nc(C)ccc12. The number of aryl methyl sites for hydroxylation is 1. The molecule has 1 aliphatic rings. The molecule has 24 heavy (non-hydrogen) atoms. The molecule has 5 nitrogen and oxygen atoms in total. The molecule has 3 rings (SSSR count). The fourth-order valence-electron chi connectivity index (χ4n) is 3.93.